The summed E-state index contributed by atoms with van der Waals surface area (Å²) in [6.07, 6.45) is 6.01. The molecule has 0 saturated carbocycles. The Kier molecular flexibility index (Phi) is 9.49. The summed E-state index contributed by atoms with van der Waals surface area (Å²) in [7, 11) is 0. The average molecular weight is 778 g/mol. The number of rotatable bonds is 7. The van der Waals surface area contributed by atoms with Gasteiger partial charge in [0.15, 0.2) is 0 Å². The molecule has 10 rings (SSSR count). The van der Waals surface area contributed by atoms with Gasteiger partial charge in [0.25, 0.3) is 0 Å². The van der Waals surface area contributed by atoms with E-state index in [1.54, 1.807) is 0 Å². The number of pyridine rings is 1. The number of benzene rings is 7. The Labute approximate surface area is 352 Å². The quantitative estimate of drug-likeness (QED) is 0.175. The van der Waals surface area contributed by atoms with E-state index in [0.717, 1.165) is 104 Å². The Balaban J connectivity index is 1.15. The van der Waals surface area contributed by atoms with Crippen molar-refractivity contribution in [2.45, 2.75) is 51.9 Å². The van der Waals surface area contributed by atoms with Crippen LogP contribution in [-0.2, 0) is 18.3 Å². The first-order chi connectivity index (χ1) is 29.3. The molecule has 0 atom stereocenters. The first kappa shape index (κ1) is 37.2. The van der Waals surface area contributed by atoms with Crippen molar-refractivity contribution >= 4 is 11.0 Å². The van der Waals surface area contributed by atoms with Crippen molar-refractivity contribution in [3.63, 3.8) is 0 Å². The third-order valence-electron chi connectivity index (χ3n) is 12.1. The zero-order chi connectivity index (χ0) is 40.8. The number of aromatic nitrogens is 3. The number of para-hydroxylation sites is 2. The summed E-state index contributed by atoms with van der Waals surface area (Å²) >= 11 is 0. The molecule has 0 unspecified atom stereocenters. The molecule has 60 heavy (non-hydrogen) atoms. The fourth-order valence-electron chi connectivity index (χ4n) is 8.89. The second-order valence-electron chi connectivity index (χ2n) is 17.1. The number of fused-ring (bicyclic) bond motifs is 2. The Hall–Kier alpha value is -7.04. The maximum absolute atomic E-state index is 12.1. The highest BCUT2D eigenvalue weighted by Gasteiger charge is 2.25. The molecule has 1 aliphatic rings. The minimum absolute atomic E-state index is 0.127. The molecule has 0 saturated heterocycles. The van der Waals surface area contributed by atoms with E-state index in [9.17, 15) is 5.11 Å². The zero-order valence-electron chi connectivity index (χ0n) is 34.4. The number of phenolic OH excluding ortho intramolecular Hbond substituents is 1. The second-order valence-corrected chi connectivity index (χ2v) is 17.1. The van der Waals surface area contributed by atoms with E-state index in [4.69, 9.17) is 9.97 Å². The molecule has 0 amide bonds. The number of nitrogens with zero attached hydrogens (tertiary/aromatic N) is 3. The number of aryl methyl sites for hydroxylation is 1. The first-order valence-corrected chi connectivity index (χ1v) is 21.1. The summed E-state index contributed by atoms with van der Waals surface area (Å²) in [5.74, 6) is 1.08. The maximum atomic E-state index is 12.1. The molecule has 9 aromatic rings. The Morgan fingerprint density at radius 2 is 1.17 bits per heavy atom. The molecular weight excluding hydrogens is 731 g/mol. The van der Waals surface area contributed by atoms with Gasteiger partial charge in [-0.2, -0.15) is 0 Å². The van der Waals surface area contributed by atoms with Crippen LogP contribution in [0.3, 0.4) is 0 Å². The molecule has 2 aromatic heterocycles. The molecule has 7 aromatic carbocycles. The summed E-state index contributed by atoms with van der Waals surface area (Å²) in [6.45, 7) is 6.79. The zero-order valence-corrected chi connectivity index (χ0v) is 34.4. The number of hydrogen-bond donors (Lipinski definition) is 1. The number of aromatic hydroxyl groups is 1. The van der Waals surface area contributed by atoms with Crippen molar-refractivity contribution in [3.05, 3.63) is 193 Å². The molecule has 1 aliphatic carbocycles. The Morgan fingerprint density at radius 1 is 0.517 bits per heavy atom. The lowest BCUT2D eigenvalue weighted by Gasteiger charge is -2.22. The SMILES string of the molecule is CC(C)(C)c1cc(-c2cc(-c3ccc(-c4ccccc4)cc3)ccn2)cc(-c2cccc3c2nc(-c2ccc4c(c2O)CCCC4)n3-c2ccccc2-c2ccccc2)c1. The van der Waals surface area contributed by atoms with Crippen LogP contribution < -0.4 is 0 Å². The van der Waals surface area contributed by atoms with Crippen molar-refractivity contribution < 1.29 is 5.11 Å². The number of imidazole rings is 1. The molecule has 292 valence electrons. The molecule has 4 nitrogen and oxygen atoms in total. The molecule has 1 N–H and O–H groups in total. The molecule has 0 aliphatic heterocycles. The average Bonchev–Trinajstić information content (AvgIpc) is 3.69. The molecule has 2 heterocycles. The summed E-state index contributed by atoms with van der Waals surface area (Å²) in [5.41, 5.74) is 18.0. The number of hydrogen-bond acceptors (Lipinski definition) is 3. The highest BCUT2D eigenvalue weighted by Crippen LogP contribution is 2.43. The molecule has 4 heteroatoms. The fourth-order valence-corrected chi connectivity index (χ4v) is 8.89. The van der Waals surface area contributed by atoms with Crippen LogP contribution in [-0.4, -0.2) is 19.6 Å². The van der Waals surface area contributed by atoms with Gasteiger partial charge in [-0.3, -0.25) is 9.55 Å². The highest BCUT2D eigenvalue weighted by atomic mass is 16.3. The lowest BCUT2D eigenvalue weighted by atomic mass is 9.83. The predicted octanol–water partition coefficient (Wildman–Crippen LogP) is 14.3. The lowest BCUT2D eigenvalue weighted by molar-refractivity contribution is 0.463. The van der Waals surface area contributed by atoms with E-state index >= 15 is 0 Å². The Bertz CT molecular complexity index is 3010. The smallest absolute Gasteiger partial charge is 0.149 e. The molecule has 0 fully saturated rings. The standard InChI is InChI=1S/C56H47N3O/c1-56(2,3)45-34-43(33-44(35-45)50-36-42(31-32-57-50)39-27-25-38(26-28-39)37-15-6-4-7-16-37)47-22-14-24-52-53(47)58-55(49-30-29-41-19-10-11-21-48(41)54(49)60)59(52)51-23-13-12-20-46(51)40-17-8-5-9-18-40/h4-9,12-18,20,22-36,60H,10-11,19,21H2,1-3H3. The first-order valence-electron chi connectivity index (χ1n) is 21.1. The fraction of sp³-hybridized carbons (Fsp3) is 0.143. The van der Waals surface area contributed by atoms with Gasteiger partial charge in [0.05, 0.1) is 28.0 Å². The van der Waals surface area contributed by atoms with Crippen molar-refractivity contribution in [3.8, 4) is 78.6 Å². The van der Waals surface area contributed by atoms with Crippen LogP contribution in [0, 0.1) is 0 Å². The Morgan fingerprint density at radius 3 is 1.93 bits per heavy atom. The van der Waals surface area contributed by atoms with Crippen LogP contribution in [0.1, 0.15) is 50.3 Å². The minimum Gasteiger partial charge on any atom is -0.507 e. The van der Waals surface area contributed by atoms with E-state index < -0.39 is 0 Å². The molecule has 0 spiro atoms. The summed E-state index contributed by atoms with van der Waals surface area (Å²) in [6, 6.07) is 60.3. The van der Waals surface area contributed by atoms with Crippen molar-refractivity contribution in [1.82, 2.24) is 14.5 Å². The van der Waals surface area contributed by atoms with Crippen molar-refractivity contribution in [2.75, 3.05) is 0 Å². The van der Waals surface area contributed by atoms with Crippen LogP contribution in [0.25, 0.3) is 83.9 Å². The van der Waals surface area contributed by atoms with E-state index in [1.807, 2.05) is 6.20 Å². The topological polar surface area (TPSA) is 50.9 Å². The van der Waals surface area contributed by atoms with Gasteiger partial charge in [0.1, 0.15) is 11.6 Å². The van der Waals surface area contributed by atoms with E-state index in [2.05, 4.69) is 195 Å². The minimum atomic E-state index is -0.127. The van der Waals surface area contributed by atoms with Crippen LogP contribution in [0.5, 0.6) is 5.75 Å². The number of phenols is 1. The predicted molar refractivity (Wildman–Crippen MR) is 248 cm³/mol. The van der Waals surface area contributed by atoms with Gasteiger partial charge in [-0.05, 0) is 124 Å². The maximum Gasteiger partial charge on any atom is 0.149 e. The largest absolute Gasteiger partial charge is 0.507 e. The molecular formula is C56H47N3O. The van der Waals surface area contributed by atoms with E-state index in [1.165, 1.54) is 22.3 Å². The van der Waals surface area contributed by atoms with Crippen LogP contribution in [0.15, 0.2) is 176 Å². The van der Waals surface area contributed by atoms with Gasteiger partial charge >= 0.3 is 0 Å². The van der Waals surface area contributed by atoms with Crippen LogP contribution >= 0.6 is 0 Å². The van der Waals surface area contributed by atoms with Gasteiger partial charge in [-0.15, -0.1) is 0 Å². The summed E-state index contributed by atoms with van der Waals surface area (Å²) < 4.78 is 2.26. The second kappa shape index (κ2) is 15.3. The monoisotopic (exact) mass is 777 g/mol. The van der Waals surface area contributed by atoms with Gasteiger partial charge < -0.3 is 5.11 Å². The lowest BCUT2D eigenvalue weighted by Crippen LogP contribution is -2.11. The van der Waals surface area contributed by atoms with Crippen molar-refractivity contribution in [2.24, 2.45) is 0 Å². The molecule has 0 radical (unpaired) electrons. The van der Waals surface area contributed by atoms with Crippen LogP contribution in [0.4, 0.5) is 0 Å². The van der Waals surface area contributed by atoms with Gasteiger partial charge in [0.2, 0.25) is 0 Å². The summed E-state index contributed by atoms with van der Waals surface area (Å²) in [5, 5.41) is 12.1. The van der Waals surface area contributed by atoms with Crippen LogP contribution in [0.2, 0.25) is 0 Å². The highest BCUT2D eigenvalue weighted by molar-refractivity contribution is 5.98. The third-order valence-corrected chi connectivity index (χ3v) is 12.1. The van der Waals surface area contributed by atoms with Gasteiger partial charge in [-0.25, -0.2) is 4.98 Å². The summed E-state index contributed by atoms with van der Waals surface area (Å²) in [4.78, 5) is 10.5. The van der Waals surface area contributed by atoms with Gasteiger partial charge in [0, 0.05) is 22.9 Å². The van der Waals surface area contributed by atoms with Crippen molar-refractivity contribution in [1.29, 1.82) is 0 Å². The van der Waals surface area contributed by atoms with E-state index in [0.29, 0.717) is 5.75 Å². The van der Waals surface area contributed by atoms with Gasteiger partial charge in [-0.1, -0.05) is 148 Å². The third kappa shape index (κ3) is 6.88. The normalized spacial score (nSPS) is 12.7. The molecule has 0 bridgehead atoms. The van der Waals surface area contributed by atoms with E-state index in [-0.39, 0.29) is 5.41 Å².